The predicted octanol–water partition coefficient (Wildman–Crippen LogP) is 0.528. The van der Waals surface area contributed by atoms with Crippen molar-refractivity contribution in [1.29, 1.82) is 0 Å². The molecule has 1 aromatic heterocycles. The molecule has 4 nitrogen and oxygen atoms in total. The monoisotopic (exact) mass is 205 g/mol. The number of amides is 1. The number of carbonyl (C=O) groups is 1. The summed E-state index contributed by atoms with van der Waals surface area (Å²) in [7, 11) is 0. The van der Waals surface area contributed by atoms with E-state index in [4.69, 9.17) is 5.73 Å². The van der Waals surface area contributed by atoms with Crippen molar-refractivity contribution in [2.24, 2.45) is 5.73 Å². The van der Waals surface area contributed by atoms with Crippen LogP contribution in [0.5, 0.6) is 0 Å². The number of nitrogens with two attached hydrogens (primary N) is 1. The van der Waals surface area contributed by atoms with Crippen molar-refractivity contribution < 1.29 is 4.79 Å². The van der Waals surface area contributed by atoms with Gasteiger partial charge >= 0.3 is 0 Å². The van der Waals surface area contributed by atoms with Gasteiger partial charge in [-0.2, -0.15) is 0 Å². The van der Waals surface area contributed by atoms with Crippen molar-refractivity contribution in [2.75, 3.05) is 0 Å². The summed E-state index contributed by atoms with van der Waals surface area (Å²) < 4.78 is 0. The highest BCUT2D eigenvalue weighted by Gasteiger charge is 2.35. The first kappa shape index (κ1) is 10.1. The van der Waals surface area contributed by atoms with Gasteiger partial charge in [-0.25, -0.2) is 0 Å². The second-order valence-corrected chi connectivity index (χ2v) is 4.07. The van der Waals surface area contributed by atoms with Crippen LogP contribution in [0.4, 0.5) is 0 Å². The number of nitrogens with zero attached hydrogens (tertiary/aromatic N) is 1. The highest BCUT2D eigenvalue weighted by Crippen LogP contribution is 2.18. The van der Waals surface area contributed by atoms with Crippen LogP contribution in [0.2, 0.25) is 0 Å². The number of rotatable bonds is 2. The van der Waals surface area contributed by atoms with Crippen molar-refractivity contribution in [3.63, 3.8) is 0 Å². The summed E-state index contributed by atoms with van der Waals surface area (Å²) in [6.45, 7) is 3.75. The molecule has 1 saturated carbocycles. The second kappa shape index (κ2) is 3.62. The Kier molecular flexibility index (Phi) is 2.44. The summed E-state index contributed by atoms with van der Waals surface area (Å²) in [6.07, 6.45) is 0.879. The summed E-state index contributed by atoms with van der Waals surface area (Å²) in [5.41, 5.74) is 7.95. The molecule has 2 rings (SSSR count). The van der Waals surface area contributed by atoms with Crippen LogP contribution in [0.1, 0.15) is 28.2 Å². The van der Waals surface area contributed by atoms with Gasteiger partial charge in [-0.05, 0) is 32.4 Å². The van der Waals surface area contributed by atoms with Crippen LogP contribution in [0.25, 0.3) is 0 Å². The lowest BCUT2D eigenvalue weighted by atomic mass is 10.1. The molecule has 2 atom stereocenters. The van der Waals surface area contributed by atoms with E-state index in [-0.39, 0.29) is 18.0 Å². The molecular weight excluding hydrogens is 190 g/mol. The zero-order valence-corrected chi connectivity index (χ0v) is 8.95. The average Bonchev–Trinajstić information content (AvgIpc) is 2.81. The van der Waals surface area contributed by atoms with Crippen LogP contribution < -0.4 is 11.1 Å². The van der Waals surface area contributed by atoms with Crippen LogP contribution in [-0.4, -0.2) is 23.0 Å². The molecule has 0 saturated heterocycles. The molecule has 1 heterocycles. The second-order valence-electron chi connectivity index (χ2n) is 4.07. The van der Waals surface area contributed by atoms with E-state index >= 15 is 0 Å². The predicted molar refractivity (Wildman–Crippen MR) is 57.6 cm³/mol. The largest absolute Gasteiger partial charge is 0.348 e. The molecule has 4 heteroatoms. The van der Waals surface area contributed by atoms with Crippen LogP contribution in [0.15, 0.2) is 12.1 Å². The number of pyridine rings is 1. The van der Waals surface area contributed by atoms with Gasteiger partial charge in [0, 0.05) is 17.8 Å². The van der Waals surface area contributed by atoms with Gasteiger partial charge in [-0.1, -0.05) is 0 Å². The molecule has 1 amide bonds. The lowest BCUT2D eigenvalue weighted by Gasteiger charge is -2.06. The number of hydrogen-bond donors (Lipinski definition) is 2. The van der Waals surface area contributed by atoms with E-state index in [1.54, 1.807) is 6.07 Å². The lowest BCUT2D eigenvalue weighted by Crippen LogP contribution is -2.30. The van der Waals surface area contributed by atoms with Gasteiger partial charge in [-0.3, -0.25) is 9.78 Å². The van der Waals surface area contributed by atoms with Crippen molar-refractivity contribution in [2.45, 2.75) is 32.4 Å². The number of hydrogen-bond acceptors (Lipinski definition) is 3. The van der Waals surface area contributed by atoms with Gasteiger partial charge in [0.15, 0.2) is 0 Å². The molecular formula is C11H15N3O. The first-order chi connectivity index (χ1) is 7.08. The molecule has 2 unspecified atom stereocenters. The quantitative estimate of drug-likeness (QED) is 0.740. The van der Waals surface area contributed by atoms with Crippen LogP contribution in [0, 0.1) is 13.8 Å². The number of aryl methyl sites for hydroxylation is 2. The first-order valence-corrected chi connectivity index (χ1v) is 5.08. The lowest BCUT2D eigenvalue weighted by molar-refractivity contribution is 0.0949. The van der Waals surface area contributed by atoms with E-state index in [1.165, 1.54) is 0 Å². The zero-order chi connectivity index (χ0) is 11.0. The Balaban J connectivity index is 2.11. The summed E-state index contributed by atoms with van der Waals surface area (Å²) >= 11 is 0. The SMILES string of the molecule is Cc1ccc(C(=O)NC2CC2N)c(C)n1. The molecule has 1 aromatic rings. The molecule has 80 valence electrons. The topological polar surface area (TPSA) is 68.0 Å². The Labute approximate surface area is 88.9 Å². The zero-order valence-electron chi connectivity index (χ0n) is 8.95. The fourth-order valence-corrected chi connectivity index (χ4v) is 1.55. The first-order valence-electron chi connectivity index (χ1n) is 5.08. The molecule has 0 bridgehead atoms. The third-order valence-electron chi connectivity index (χ3n) is 2.63. The maximum Gasteiger partial charge on any atom is 0.253 e. The van der Waals surface area contributed by atoms with Gasteiger partial charge in [0.25, 0.3) is 5.91 Å². The van der Waals surface area contributed by atoms with E-state index in [0.717, 1.165) is 17.8 Å². The fraction of sp³-hybridized carbons (Fsp3) is 0.455. The summed E-state index contributed by atoms with van der Waals surface area (Å²) in [5, 5.41) is 2.88. The molecule has 0 aliphatic heterocycles. The normalized spacial score (nSPS) is 23.7. The van der Waals surface area contributed by atoms with Crippen molar-refractivity contribution >= 4 is 5.91 Å². The average molecular weight is 205 g/mol. The standard InChI is InChI=1S/C11H15N3O/c1-6-3-4-8(7(2)13-6)11(15)14-10-5-9(10)12/h3-4,9-10H,5,12H2,1-2H3,(H,14,15). The molecule has 3 N–H and O–H groups in total. The minimum absolute atomic E-state index is 0.0713. The van der Waals surface area contributed by atoms with Crippen molar-refractivity contribution in [1.82, 2.24) is 10.3 Å². The van der Waals surface area contributed by atoms with E-state index in [1.807, 2.05) is 19.9 Å². The third kappa shape index (κ3) is 2.15. The molecule has 0 spiro atoms. The minimum atomic E-state index is -0.0713. The minimum Gasteiger partial charge on any atom is -0.348 e. The van der Waals surface area contributed by atoms with Gasteiger partial charge in [-0.15, -0.1) is 0 Å². The van der Waals surface area contributed by atoms with Gasteiger partial charge in [0.2, 0.25) is 0 Å². The van der Waals surface area contributed by atoms with Crippen molar-refractivity contribution in [3.8, 4) is 0 Å². The number of nitrogens with one attached hydrogen (secondary N) is 1. The highest BCUT2D eigenvalue weighted by molar-refractivity contribution is 5.95. The maximum atomic E-state index is 11.8. The fourth-order valence-electron chi connectivity index (χ4n) is 1.55. The molecule has 1 fully saturated rings. The smallest absolute Gasteiger partial charge is 0.253 e. The number of aromatic nitrogens is 1. The Hall–Kier alpha value is -1.42. The molecule has 0 radical (unpaired) electrons. The van der Waals surface area contributed by atoms with E-state index < -0.39 is 0 Å². The van der Waals surface area contributed by atoms with E-state index in [0.29, 0.717) is 5.56 Å². The van der Waals surface area contributed by atoms with E-state index in [9.17, 15) is 4.79 Å². The third-order valence-corrected chi connectivity index (χ3v) is 2.63. The molecule has 0 aromatic carbocycles. The van der Waals surface area contributed by atoms with Gasteiger partial charge < -0.3 is 11.1 Å². The summed E-state index contributed by atoms with van der Waals surface area (Å²) in [6, 6.07) is 3.93. The Morgan fingerprint density at radius 2 is 2.20 bits per heavy atom. The Morgan fingerprint density at radius 1 is 1.53 bits per heavy atom. The van der Waals surface area contributed by atoms with Crippen LogP contribution >= 0.6 is 0 Å². The summed E-state index contributed by atoms with van der Waals surface area (Å²) in [5.74, 6) is -0.0713. The van der Waals surface area contributed by atoms with Crippen LogP contribution in [-0.2, 0) is 0 Å². The van der Waals surface area contributed by atoms with Crippen LogP contribution in [0.3, 0.4) is 0 Å². The Bertz CT molecular complexity index is 403. The van der Waals surface area contributed by atoms with Gasteiger partial charge in [0.1, 0.15) is 0 Å². The molecule has 1 aliphatic rings. The summed E-state index contributed by atoms with van der Waals surface area (Å²) in [4.78, 5) is 16.0. The highest BCUT2D eigenvalue weighted by atomic mass is 16.1. The van der Waals surface area contributed by atoms with Gasteiger partial charge in [0.05, 0.1) is 11.3 Å². The Morgan fingerprint density at radius 3 is 2.73 bits per heavy atom. The molecule has 15 heavy (non-hydrogen) atoms. The maximum absolute atomic E-state index is 11.8. The van der Waals surface area contributed by atoms with Crippen molar-refractivity contribution in [3.05, 3.63) is 29.1 Å². The number of carbonyl (C=O) groups excluding carboxylic acids is 1. The molecule has 1 aliphatic carbocycles. The van der Waals surface area contributed by atoms with E-state index in [2.05, 4.69) is 10.3 Å².